The molecule has 0 atom stereocenters. The molecule has 0 bridgehead atoms. The first-order valence-electron chi connectivity index (χ1n) is 8.44. The van der Waals surface area contributed by atoms with Crippen LogP contribution in [-0.4, -0.2) is 34.4 Å². The molecule has 0 aliphatic rings. The Morgan fingerprint density at radius 3 is 1.43 bits per heavy atom. The van der Waals surface area contributed by atoms with Gasteiger partial charge in [0, 0.05) is 0 Å². The molecule has 0 rings (SSSR count). The van der Waals surface area contributed by atoms with E-state index in [0.29, 0.717) is 0 Å². The second-order valence-corrected chi connectivity index (χ2v) is 5.84. The van der Waals surface area contributed by atoms with E-state index in [1.807, 2.05) is 0 Å². The van der Waals surface area contributed by atoms with E-state index in [4.69, 9.17) is 15.3 Å². The maximum atomic E-state index is 8.66. The molecule has 0 amide bonds. The molecule has 0 aliphatic carbocycles. The molecule has 4 N–H and O–H groups in total. The lowest BCUT2D eigenvalue weighted by atomic mass is 10.1. The molecule has 0 aromatic rings. The van der Waals surface area contributed by atoms with Crippen LogP contribution in [0.2, 0.25) is 0 Å². The Morgan fingerprint density at radius 1 is 0.667 bits per heavy atom. The van der Waals surface area contributed by atoms with Gasteiger partial charge in [0.25, 0.3) is 5.97 Å². The standard InChI is InChI=1S/C16H35NO3.ClH/c1-2-3-4-5-6-7-8-9-10-11-12-13-14-17-15-16(18,19)20;/h17-20H,2-15H2,1H3;1H. The molecule has 0 fully saturated rings. The molecule has 5 heteroatoms. The van der Waals surface area contributed by atoms with Crippen molar-refractivity contribution in [1.82, 2.24) is 5.32 Å². The van der Waals surface area contributed by atoms with E-state index >= 15 is 0 Å². The third-order valence-corrected chi connectivity index (χ3v) is 3.57. The van der Waals surface area contributed by atoms with Crippen molar-refractivity contribution in [3.63, 3.8) is 0 Å². The van der Waals surface area contributed by atoms with E-state index in [1.54, 1.807) is 0 Å². The van der Waals surface area contributed by atoms with Crippen molar-refractivity contribution < 1.29 is 15.3 Å². The monoisotopic (exact) mass is 325 g/mol. The van der Waals surface area contributed by atoms with Crippen molar-refractivity contribution in [1.29, 1.82) is 0 Å². The van der Waals surface area contributed by atoms with Crippen LogP contribution in [0, 0.1) is 0 Å². The average Bonchev–Trinajstić information content (AvgIpc) is 2.38. The lowest BCUT2D eigenvalue weighted by Crippen LogP contribution is -2.40. The van der Waals surface area contributed by atoms with Crippen molar-refractivity contribution >= 4 is 12.4 Å². The van der Waals surface area contributed by atoms with Crippen LogP contribution in [0.4, 0.5) is 0 Å². The van der Waals surface area contributed by atoms with Gasteiger partial charge in [-0.1, -0.05) is 77.6 Å². The van der Waals surface area contributed by atoms with Crippen LogP contribution in [0.5, 0.6) is 0 Å². The minimum Gasteiger partial charge on any atom is -0.343 e. The summed E-state index contributed by atoms with van der Waals surface area (Å²) in [5, 5.41) is 28.8. The highest BCUT2D eigenvalue weighted by Crippen LogP contribution is 2.11. The number of hydrogen-bond acceptors (Lipinski definition) is 4. The summed E-state index contributed by atoms with van der Waals surface area (Å²) >= 11 is 0. The Hall–Kier alpha value is 0.130. The van der Waals surface area contributed by atoms with Crippen LogP contribution in [0.15, 0.2) is 0 Å². The number of nitrogens with one attached hydrogen (secondary N) is 1. The topological polar surface area (TPSA) is 72.7 Å². The molecule has 0 saturated heterocycles. The van der Waals surface area contributed by atoms with Gasteiger partial charge < -0.3 is 20.6 Å². The van der Waals surface area contributed by atoms with Gasteiger partial charge in [-0.2, -0.15) is 0 Å². The molecule has 130 valence electrons. The molecule has 0 unspecified atom stereocenters. The zero-order valence-electron chi connectivity index (χ0n) is 13.6. The van der Waals surface area contributed by atoms with Crippen LogP contribution in [0.3, 0.4) is 0 Å². The number of unbranched alkanes of at least 4 members (excludes halogenated alkanes) is 11. The van der Waals surface area contributed by atoms with E-state index in [2.05, 4.69) is 12.2 Å². The van der Waals surface area contributed by atoms with Crippen molar-refractivity contribution in [2.45, 2.75) is 89.9 Å². The smallest absolute Gasteiger partial charge is 0.288 e. The highest BCUT2D eigenvalue weighted by atomic mass is 35.5. The number of aliphatic hydroxyl groups is 3. The van der Waals surface area contributed by atoms with E-state index in [9.17, 15) is 0 Å². The Bertz CT molecular complexity index is 198. The molecular formula is C16H36ClNO3. The largest absolute Gasteiger partial charge is 0.343 e. The summed E-state index contributed by atoms with van der Waals surface area (Å²) in [7, 11) is 0. The second kappa shape index (κ2) is 16.5. The normalized spacial score (nSPS) is 11.4. The number of rotatable bonds is 15. The fourth-order valence-corrected chi connectivity index (χ4v) is 2.35. The predicted octanol–water partition coefficient (Wildman–Crippen LogP) is 3.33. The Kier molecular flexibility index (Phi) is 18.4. The Morgan fingerprint density at radius 2 is 1.05 bits per heavy atom. The SMILES string of the molecule is CCCCCCCCCCCCCCNCC(O)(O)O.Cl. The summed E-state index contributed by atoms with van der Waals surface area (Å²) in [5.41, 5.74) is 0. The maximum absolute atomic E-state index is 8.66. The highest BCUT2D eigenvalue weighted by Gasteiger charge is 2.15. The molecule has 0 heterocycles. The zero-order chi connectivity index (χ0) is 15.1. The van der Waals surface area contributed by atoms with E-state index in [1.165, 1.54) is 70.6 Å². The van der Waals surface area contributed by atoms with Crippen LogP contribution < -0.4 is 5.32 Å². The van der Waals surface area contributed by atoms with Crippen molar-refractivity contribution in [2.75, 3.05) is 13.1 Å². The lowest BCUT2D eigenvalue weighted by molar-refractivity contribution is -0.306. The number of hydrogen-bond donors (Lipinski definition) is 4. The summed E-state index contributed by atoms with van der Waals surface area (Å²) < 4.78 is 0. The zero-order valence-corrected chi connectivity index (χ0v) is 14.5. The van der Waals surface area contributed by atoms with Crippen LogP contribution >= 0.6 is 12.4 Å². The molecular weight excluding hydrogens is 290 g/mol. The molecule has 4 nitrogen and oxygen atoms in total. The molecule has 0 radical (unpaired) electrons. The van der Waals surface area contributed by atoms with Crippen LogP contribution in [0.1, 0.15) is 84.0 Å². The van der Waals surface area contributed by atoms with Crippen molar-refractivity contribution in [3.05, 3.63) is 0 Å². The van der Waals surface area contributed by atoms with E-state index in [-0.39, 0.29) is 19.0 Å². The first-order valence-corrected chi connectivity index (χ1v) is 8.44. The van der Waals surface area contributed by atoms with Gasteiger partial charge in [0.2, 0.25) is 0 Å². The van der Waals surface area contributed by atoms with Gasteiger partial charge in [-0.3, -0.25) is 0 Å². The van der Waals surface area contributed by atoms with Gasteiger partial charge in [0.1, 0.15) is 0 Å². The molecule has 21 heavy (non-hydrogen) atoms. The van der Waals surface area contributed by atoms with Gasteiger partial charge in [-0.25, -0.2) is 0 Å². The summed E-state index contributed by atoms with van der Waals surface area (Å²) in [5.74, 6) is -2.57. The third kappa shape index (κ3) is 22.5. The van der Waals surface area contributed by atoms with Crippen molar-refractivity contribution in [2.24, 2.45) is 0 Å². The summed E-state index contributed by atoms with van der Waals surface area (Å²) in [6.07, 6.45) is 15.8. The van der Waals surface area contributed by atoms with Gasteiger partial charge in [0.05, 0.1) is 6.54 Å². The molecule has 0 aromatic carbocycles. The minimum absolute atomic E-state index is 0. The van der Waals surface area contributed by atoms with Crippen molar-refractivity contribution in [3.8, 4) is 0 Å². The maximum Gasteiger partial charge on any atom is 0.288 e. The minimum atomic E-state index is -2.57. The Balaban J connectivity index is 0. The van der Waals surface area contributed by atoms with Crippen LogP contribution in [-0.2, 0) is 0 Å². The van der Waals surface area contributed by atoms with Gasteiger partial charge in [0.15, 0.2) is 0 Å². The summed E-state index contributed by atoms with van der Waals surface area (Å²) in [6.45, 7) is 2.79. The third-order valence-electron chi connectivity index (χ3n) is 3.57. The van der Waals surface area contributed by atoms with E-state index < -0.39 is 5.97 Å². The average molecular weight is 326 g/mol. The molecule has 0 aliphatic heterocycles. The first-order chi connectivity index (χ1) is 9.56. The van der Waals surface area contributed by atoms with E-state index in [0.717, 1.165) is 13.0 Å². The summed E-state index contributed by atoms with van der Waals surface area (Å²) in [6, 6.07) is 0. The quantitative estimate of drug-likeness (QED) is 0.275. The predicted molar refractivity (Wildman–Crippen MR) is 90.6 cm³/mol. The second-order valence-electron chi connectivity index (χ2n) is 5.84. The summed E-state index contributed by atoms with van der Waals surface area (Å²) in [4.78, 5) is 0. The fourth-order valence-electron chi connectivity index (χ4n) is 2.35. The Labute approximate surface area is 136 Å². The first kappa shape index (κ1) is 23.4. The highest BCUT2D eigenvalue weighted by molar-refractivity contribution is 5.85. The van der Waals surface area contributed by atoms with Gasteiger partial charge in [-0.05, 0) is 13.0 Å². The van der Waals surface area contributed by atoms with Gasteiger partial charge in [-0.15, -0.1) is 12.4 Å². The van der Waals surface area contributed by atoms with Crippen LogP contribution in [0.25, 0.3) is 0 Å². The lowest BCUT2D eigenvalue weighted by Gasteiger charge is -2.14. The van der Waals surface area contributed by atoms with Gasteiger partial charge >= 0.3 is 0 Å². The molecule has 0 aromatic heterocycles. The number of halogens is 1. The molecule has 0 spiro atoms. The fraction of sp³-hybridized carbons (Fsp3) is 1.00. The molecule has 0 saturated carbocycles.